The van der Waals surface area contributed by atoms with Crippen LogP contribution in [-0.2, 0) is 17.6 Å². The minimum Gasteiger partial charge on any atom is -0.490 e. The van der Waals surface area contributed by atoms with Gasteiger partial charge in [0.05, 0.1) is 18.8 Å². The van der Waals surface area contributed by atoms with Gasteiger partial charge in [0.15, 0.2) is 7.98 Å². The summed E-state index contributed by atoms with van der Waals surface area (Å²) in [5, 5.41) is 0. The summed E-state index contributed by atoms with van der Waals surface area (Å²) in [6.45, 7) is 10.9. The van der Waals surface area contributed by atoms with Crippen LogP contribution in [0.3, 0.4) is 0 Å². The molecule has 0 bridgehead atoms. The molecule has 2 aliphatic rings. The molecule has 0 atom stereocenters. The molecule has 4 nitrogen and oxygen atoms in total. The molecule has 0 spiro atoms. The summed E-state index contributed by atoms with van der Waals surface area (Å²) in [5.74, 6) is 1.07. The third-order valence-electron chi connectivity index (χ3n) is 4.89. The number of rotatable bonds is 4. The van der Waals surface area contributed by atoms with Gasteiger partial charge in [0.2, 0.25) is 0 Å². The molecule has 3 rings (SSSR count). The highest BCUT2D eigenvalue weighted by Gasteiger charge is 2.25. The average Bonchev–Trinajstić information content (AvgIpc) is 2.70. The molecule has 0 aliphatic carbocycles. The van der Waals surface area contributed by atoms with Crippen molar-refractivity contribution in [1.82, 2.24) is 4.81 Å². The normalized spacial score (nSPS) is 18.4. The first-order valence-corrected chi connectivity index (χ1v) is 8.50. The Labute approximate surface area is 134 Å². The monoisotopic (exact) mass is 302 g/mol. The van der Waals surface area contributed by atoms with Gasteiger partial charge in [0.1, 0.15) is 12.4 Å². The third kappa shape index (κ3) is 3.11. The van der Waals surface area contributed by atoms with Crippen molar-refractivity contribution in [3.63, 3.8) is 0 Å². The number of ether oxygens (including phenoxy) is 2. The second kappa shape index (κ2) is 6.92. The fourth-order valence-corrected chi connectivity index (χ4v) is 3.60. The van der Waals surface area contributed by atoms with Crippen LogP contribution in [0.4, 0.5) is 5.69 Å². The Hall–Kier alpha value is -1.20. The maximum atomic E-state index is 5.98. The zero-order valence-electron chi connectivity index (χ0n) is 14.2. The van der Waals surface area contributed by atoms with E-state index in [0.29, 0.717) is 0 Å². The topological polar surface area (TPSA) is 24.9 Å². The highest BCUT2D eigenvalue weighted by Crippen LogP contribution is 2.39. The van der Waals surface area contributed by atoms with E-state index < -0.39 is 0 Å². The maximum Gasteiger partial charge on any atom is 0.185 e. The minimum absolute atomic E-state index is 0.775. The fourth-order valence-electron chi connectivity index (χ4n) is 3.60. The summed E-state index contributed by atoms with van der Waals surface area (Å²) in [4.78, 5) is 4.87. The van der Waals surface area contributed by atoms with E-state index in [1.807, 2.05) is 0 Å². The zero-order valence-corrected chi connectivity index (χ0v) is 14.2. The quantitative estimate of drug-likeness (QED) is 0.616. The molecule has 22 heavy (non-hydrogen) atoms. The molecule has 2 aliphatic heterocycles. The Bertz CT molecular complexity index is 536. The van der Waals surface area contributed by atoms with E-state index >= 15 is 0 Å². The predicted octanol–water partition coefficient (Wildman–Crippen LogP) is 1.18. The Balaban J connectivity index is 1.91. The SMILES string of the molecule is BN1CCc2cc3c(c(C)c2CC1)N(CCOCC)CCO3. The van der Waals surface area contributed by atoms with Crippen LogP contribution in [0, 0.1) is 6.92 Å². The van der Waals surface area contributed by atoms with Gasteiger partial charge in [-0.05, 0) is 62.5 Å². The molecule has 0 unspecified atom stereocenters. The number of fused-ring (bicyclic) bond motifs is 2. The molecule has 5 heteroatoms. The van der Waals surface area contributed by atoms with Gasteiger partial charge in [-0.2, -0.15) is 0 Å². The van der Waals surface area contributed by atoms with Crippen LogP contribution in [-0.4, -0.2) is 58.8 Å². The Morgan fingerprint density at radius 2 is 2.09 bits per heavy atom. The van der Waals surface area contributed by atoms with Crippen molar-refractivity contribution in [2.45, 2.75) is 26.7 Å². The van der Waals surface area contributed by atoms with Crippen molar-refractivity contribution in [3.05, 3.63) is 22.8 Å². The molecule has 120 valence electrons. The number of nitrogens with zero attached hydrogens (tertiary/aromatic N) is 2. The first-order valence-electron chi connectivity index (χ1n) is 8.50. The zero-order chi connectivity index (χ0) is 15.5. The van der Waals surface area contributed by atoms with Gasteiger partial charge in [-0.1, -0.05) is 0 Å². The summed E-state index contributed by atoms with van der Waals surface area (Å²) in [5.41, 5.74) is 5.73. The van der Waals surface area contributed by atoms with E-state index in [0.717, 1.165) is 64.6 Å². The molecule has 0 N–H and O–H groups in total. The van der Waals surface area contributed by atoms with E-state index in [-0.39, 0.29) is 0 Å². The second-order valence-electron chi connectivity index (χ2n) is 6.32. The largest absolute Gasteiger partial charge is 0.490 e. The van der Waals surface area contributed by atoms with Crippen molar-refractivity contribution in [2.24, 2.45) is 0 Å². The lowest BCUT2D eigenvalue weighted by molar-refractivity contribution is 0.152. The lowest BCUT2D eigenvalue weighted by atomic mass is 9.94. The first-order chi connectivity index (χ1) is 10.7. The van der Waals surface area contributed by atoms with Gasteiger partial charge in [0, 0.05) is 13.2 Å². The van der Waals surface area contributed by atoms with Gasteiger partial charge in [-0.3, -0.25) is 0 Å². The molecule has 0 saturated heterocycles. The van der Waals surface area contributed by atoms with Crippen molar-refractivity contribution in [1.29, 1.82) is 0 Å². The number of hydrogen-bond donors (Lipinski definition) is 0. The molecule has 0 fully saturated rings. The summed E-state index contributed by atoms with van der Waals surface area (Å²) in [7, 11) is 2.21. The molecule has 0 aromatic heterocycles. The average molecular weight is 302 g/mol. The Kier molecular flexibility index (Phi) is 4.94. The third-order valence-corrected chi connectivity index (χ3v) is 4.89. The van der Waals surface area contributed by atoms with Gasteiger partial charge in [0.25, 0.3) is 0 Å². The van der Waals surface area contributed by atoms with Crippen LogP contribution < -0.4 is 9.64 Å². The van der Waals surface area contributed by atoms with Crippen molar-refractivity contribution < 1.29 is 9.47 Å². The molecule has 2 heterocycles. The van der Waals surface area contributed by atoms with Crippen molar-refractivity contribution in [2.75, 3.05) is 50.9 Å². The van der Waals surface area contributed by atoms with Crippen LogP contribution in [0.15, 0.2) is 6.07 Å². The van der Waals surface area contributed by atoms with Crippen LogP contribution >= 0.6 is 0 Å². The maximum absolute atomic E-state index is 5.98. The van der Waals surface area contributed by atoms with E-state index in [1.54, 1.807) is 0 Å². The van der Waals surface area contributed by atoms with Crippen LogP contribution in [0.1, 0.15) is 23.6 Å². The molecular weight excluding hydrogens is 275 g/mol. The van der Waals surface area contributed by atoms with Gasteiger partial charge < -0.3 is 19.2 Å². The predicted molar refractivity (Wildman–Crippen MR) is 92.9 cm³/mol. The second-order valence-corrected chi connectivity index (χ2v) is 6.32. The van der Waals surface area contributed by atoms with Crippen molar-refractivity contribution >= 4 is 13.7 Å². The molecule has 1 aromatic carbocycles. The standard InChI is InChI=1S/C17H27BN2O2/c1-3-21-10-8-19-9-11-22-16-12-14-4-6-20(18)7-5-15(14)13(2)17(16)19/h12H,3-11,18H2,1-2H3. The lowest BCUT2D eigenvalue weighted by Crippen LogP contribution is -2.36. The lowest BCUT2D eigenvalue weighted by Gasteiger charge is -2.34. The van der Waals surface area contributed by atoms with Crippen LogP contribution in [0.25, 0.3) is 0 Å². The molecule has 0 saturated carbocycles. The van der Waals surface area contributed by atoms with Crippen LogP contribution in [0.2, 0.25) is 0 Å². The van der Waals surface area contributed by atoms with E-state index in [1.165, 1.54) is 22.4 Å². The number of anilines is 1. The molecular formula is C17H27BN2O2. The highest BCUT2D eigenvalue weighted by atomic mass is 16.5. The fraction of sp³-hybridized carbons (Fsp3) is 0.647. The summed E-state index contributed by atoms with van der Waals surface area (Å²) >= 11 is 0. The number of benzene rings is 1. The van der Waals surface area contributed by atoms with E-state index in [2.05, 4.69) is 37.6 Å². The highest BCUT2D eigenvalue weighted by molar-refractivity contribution is 6.04. The van der Waals surface area contributed by atoms with Gasteiger partial charge >= 0.3 is 0 Å². The molecule has 0 radical (unpaired) electrons. The first kappa shape index (κ1) is 15.7. The van der Waals surface area contributed by atoms with Gasteiger partial charge in [-0.25, -0.2) is 0 Å². The van der Waals surface area contributed by atoms with Gasteiger partial charge in [-0.15, -0.1) is 0 Å². The van der Waals surface area contributed by atoms with E-state index in [9.17, 15) is 0 Å². The number of hydrogen-bond acceptors (Lipinski definition) is 4. The smallest absolute Gasteiger partial charge is 0.185 e. The Morgan fingerprint density at radius 3 is 2.91 bits per heavy atom. The summed E-state index contributed by atoms with van der Waals surface area (Å²) in [6.07, 6.45) is 2.27. The Morgan fingerprint density at radius 1 is 1.27 bits per heavy atom. The van der Waals surface area contributed by atoms with Crippen molar-refractivity contribution in [3.8, 4) is 5.75 Å². The van der Waals surface area contributed by atoms with Crippen LogP contribution in [0.5, 0.6) is 5.75 Å². The molecule has 0 amide bonds. The summed E-state index contributed by atoms with van der Waals surface area (Å²) < 4.78 is 11.5. The summed E-state index contributed by atoms with van der Waals surface area (Å²) in [6, 6.07) is 2.30. The minimum atomic E-state index is 0.775. The van der Waals surface area contributed by atoms with E-state index in [4.69, 9.17) is 9.47 Å². The molecule has 1 aromatic rings.